The first-order valence-electron chi connectivity index (χ1n) is 10.7. The molecule has 1 aliphatic rings. The van der Waals surface area contributed by atoms with Gasteiger partial charge in [-0.25, -0.2) is 4.79 Å². The molecule has 2 aromatic carbocycles. The molecule has 1 saturated heterocycles. The number of carbonyl (C=O) groups is 2. The van der Waals surface area contributed by atoms with Gasteiger partial charge in [0, 0.05) is 38.6 Å². The molecule has 1 aromatic heterocycles. The van der Waals surface area contributed by atoms with E-state index in [9.17, 15) is 9.59 Å². The zero-order valence-corrected chi connectivity index (χ0v) is 18.3. The largest absolute Gasteiger partial charge is 0.338 e. The Bertz CT molecular complexity index is 929. The van der Waals surface area contributed by atoms with Gasteiger partial charge in [0.2, 0.25) is 0 Å². The molecule has 3 amide bonds. The van der Waals surface area contributed by atoms with E-state index in [2.05, 4.69) is 53.8 Å². The Hall–Kier alpha value is -3.12. The molecule has 5 nitrogen and oxygen atoms in total. The Morgan fingerprint density at radius 3 is 1.94 bits per heavy atom. The number of hydrogen-bond donors (Lipinski definition) is 1. The lowest BCUT2D eigenvalue weighted by atomic mass is 9.88. The summed E-state index contributed by atoms with van der Waals surface area (Å²) in [6, 6.07) is 24.5. The van der Waals surface area contributed by atoms with E-state index < -0.39 is 0 Å². The molecule has 1 N–H and O–H groups in total. The summed E-state index contributed by atoms with van der Waals surface area (Å²) >= 11 is 1.46. The normalized spacial score (nSPS) is 14.0. The van der Waals surface area contributed by atoms with Crippen molar-refractivity contribution in [3.63, 3.8) is 0 Å². The van der Waals surface area contributed by atoms with Crippen molar-refractivity contribution in [3.8, 4) is 0 Å². The summed E-state index contributed by atoms with van der Waals surface area (Å²) in [5.41, 5.74) is 2.51. The number of carbonyl (C=O) groups excluding carboxylic acids is 2. The zero-order valence-electron chi connectivity index (χ0n) is 17.4. The van der Waals surface area contributed by atoms with Crippen LogP contribution >= 0.6 is 11.3 Å². The van der Waals surface area contributed by atoms with E-state index in [0.717, 1.165) is 11.3 Å². The third-order valence-electron chi connectivity index (χ3n) is 5.70. The number of nitrogens with one attached hydrogen (secondary N) is 1. The summed E-state index contributed by atoms with van der Waals surface area (Å²) < 4.78 is 0. The minimum absolute atomic E-state index is 0.0527. The quantitative estimate of drug-likeness (QED) is 0.625. The highest BCUT2D eigenvalue weighted by molar-refractivity contribution is 7.12. The average molecular weight is 434 g/mol. The SMILES string of the molecule is O=C(NCCC(c1ccccc1)c1ccccc1)N1CCN(C(=O)c2cccs2)CC1. The maximum absolute atomic E-state index is 12.7. The maximum Gasteiger partial charge on any atom is 0.317 e. The Kier molecular flexibility index (Phi) is 6.99. The van der Waals surface area contributed by atoms with Crippen molar-refractivity contribution in [2.24, 2.45) is 0 Å². The molecular weight excluding hydrogens is 406 g/mol. The van der Waals surface area contributed by atoms with Crippen molar-refractivity contribution in [1.82, 2.24) is 15.1 Å². The van der Waals surface area contributed by atoms with Crippen LogP contribution in [0.4, 0.5) is 4.79 Å². The van der Waals surface area contributed by atoms with Crippen molar-refractivity contribution in [3.05, 3.63) is 94.2 Å². The van der Waals surface area contributed by atoms with Gasteiger partial charge in [-0.15, -0.1) is 11.3 Å². The van der Waals surface area contributed by atoms with Gasteiger partial charge in [0.25, 0.3) is 5.91 Å². The molecule has 0 bridgehead atoms. The van der Waals surface area contributed by atoms with E-state index in [-0.39, 0.29) is 17.9 Å². The second-order valence-electron chi connectivity index (χ2n) is 7.65. The molecule has 2 heterocycles. The van der Waals surface area contributed by atoms with Crippen LogP contribution in [-0.4, -0.2) is 54.5 Å². The van der Waals surface area contributed by atoms with Crippen LogP contribution in [0.2, 0.25) is 0 Å². The topological polar surface area (TPSA) is 52.7 Å². The highest BCUT2D eigenvalue weighted by atomic mass is 32.1. The lowest BCUT2D eigenvalue weighted by Crippen LogP contribution is -2.53. The van der Waals surface area contributed by atoms with E-state index in [0.29, 0.717) is 32.7 Å². The van der Waals surface area contributed by atoms with Crippen LogP contribution in [0.15, 0.2) is 78.2 Å². The summed E-state index contributed by atoms with van der Waals surface area (Å²) in [4.78, 5) is 29.5. The Labute approximate surface area is 187 Å². The molecule has 1 aliphatic heterocycles. The van der Waals surface area contributed by atoms with Gasteiger partial charge < -0.3 is 15.1 Å². The van der Waals surface area contributed by atoms with Gasteiger partial charge in [0.05, 0.1) is 4.88 Å². The Balaban J connectivity index is 1.29. The van der Waals surface area contributed by atoms with Crippen LogP contribution in [-0.2, 0) is 0 Å². The summed E-state index contributed by atoms with van der Waals surface area (Å²) in [5, 5.41) is 4.99. The smallest absolute Gasteiger partial charge is 0.317 e. The molecule has 0 saturated carbocycles. The molecule has 0 radical (unpaired) electrons. The highest BCUT2D eigenvalue weighted by Gasteiger charge is 2.25. The number of hydrogen-bond acceptors (Lipinski definition) is 3. The van der Waals surface area contributed by atoms with Crippen LogP contribution in [0.1, 0.15) is 33.1 Å². The van der Waals surface area contributed by atoms with E-state index >= 15 is 0 Å². The lowest BCUT2D eigenvalue weighted by molar-refractivity contribution is 0.0670. The molecule has 0 atom stereocenters. The van der Waals surface area contributed by atoms with Gasteiger partial charge >= 0.3 is 6.03 Å². The monoisotopic (exact) mass is 433 g/mol. The van der Waals surface area contributed by atoms with Crippen molar-refractivity contribution in [2.45, 2.75) is 12.3 Å². The van der Waals surface area contributed by atoms with Gasteiger partial charge in [-0.05, 0) is 29.0 Å². The van der Waals surface area contributed by atoms with Gasteiger partial charge in [-0.1, -0.05) is 66.7 Å². The Morgan fingerprint density at radius 1 is 0.806 bits per heavy atom. The van der Waals surface area contributed by atoms with Crippen molar-refractivity contribution >= 4 is 23.3 Å². The number of piperazine rings is 1. The zero-order chi connectivity index (χ0) is 21.5. The summed E-state index contributed by atoms with van der Waals surface area (Å²) in [6.45, 7) is 2.86. The minimum Gasteiger partial charge on any atom is -0.338 e. The van der Waals surface area contributed by atoms with Crippen molar-refractivity contribution in [1.29, 1.82) is 0 Å². The number of thiophene rings is 1. The van der Waals surface area contributed by atoms with E-state index in [1.807, 2.05) is 34.5 Å². The Morgan fingerprint density at radius 2 is 1.39 bits per heavy atom. The van der Waals surface area contributed by atoms with Crippen molar-refractivity contribution in [2.75, 3.05) is 32.7 Å². The minimum atomic E-state index is -0.0527. The van der Waals surface area contributed by atoms with E-state index in [1.165, 1.54) is 22.5 Å². The fraction of sp³-hybridized carbons (Fsp3) is 0.280. The third kappa shape index (κ3) is 5.33. The van der Waals surface area contributed by atoms with Gasteiger partial charge in [0.1, 0.15) is 0 Å². The van der Waals surface area contributed by atoms with Gasteiger partial charge in [-0.2, -0.15) is 0 Å². The van der Waals surface area contributed by atoms with Crippen LogP contribution in [0.5, 0.6) is 0 Å². The second kappa shape index (κ2) is 10.3. The maximum atomic E-state index is 12.7. The number of nitrogens with zero attached hydrogens (tertiary/aromatic N) is 2. The molecule has 0 unspecified atom stereocenters. The van der Waals surface area contributed by atoms with E-state index in [4.69, 9.17) is 0 Å². The molecule has 3 aromatic rings. The third-order valence-corrected chi connectivity index (χ3v) is 6.56. The molecule has 1 fully saturated rings. The number of urea groups is 1. The lowest BCUT2D eigenvalue weighted by Gasteiger charge is -2.34. The first-order valence-corrected chi connectivity index (χ1v) is 11.6. The number of benzene rings is 2. The highest BCUT2D eigenvalue weighted by Crippen LogP contribution is 2.27. The summed E-state index contributed by atoms with van der Waals surface area (Å²) in [5.74, 6) is 0.298. The van der Waals surface area contributed by atoms with Crippen LogP contribution in [0, 0.1) is 0 Å². The van der Waals surface area contributed by atoms with Gasteiger partial charge in [-0.3, -0.25) is 4.79 Å². The molecular formula is C25H27N3O2S. The number of amides is 3. The first-order chi connectivity index (χ1) is 15.2. The standard InChI is InChI=1S/C25H27N3O2S/c29-24(23-12-7-19-31-23)27-15-17-28(18-16-27)25(30)26-14-13-22(20-8-3-1-4-9-20)21-10-5-2-6-11-21/h1-12,19,22H,13-18H2,(H,26,30). The molecule has 0 spiro atoms. The van der Waals surface area contributed by atoms with Crippen LogP contribution < -0.4 is 5.32 Å². The molecule has 6 heteroatoms. The summed E-state index contributed by atoms with van der Waals surface area (Å²) in [6.07, 6.45) is 0.830. The molecule has 4 rings (SSSR count). The second-order valence-corrected chi connectivity index (χ2v) is 8.60. The predicted molar refractivity (Wildman–Crippen MR) is 125 cm³/mol. The van der Waals surface area contributed by atoms with Crippen LogP contribution in [0.3, 0.4) is 0 Å². The van der Waals surface area contributed by atoms with E-state index in [1.54, 1.807) is 4.90 Å². The fourth-order valence-electron chi connectivity index (χ4n) is 4.00. The molecule has 160 valence electrons. The van der Waals surface area contributed by atoms with Crippen molar-refractivity contribution < 1.29 is 9.59 Å². The fourth-order valence-corrected chi connectivity index (χ4v) is 4.69. The van der Waals surface area contributed by atoms with Gasteiger partial charge in [0.15, 0.2) is 0 Å². The molecule has 31 heavy (non-hydrogen) atoms. The number of rotatable bonds is 6. The van der Waals surface area contributed by atoms with Crippen LogP contribution in [0.25, 0.3) is 0 Å². The average Bonchev–Trinajstić information content (AvgIpc) is 3.37. The predicted octanol–water partition coefficient (Wildman–Crippen LogP) is 4.44. The molecule has 0 aliphatic carbocycles. The first kappa shape index (κ1) is 21.1. The summed E-state index contributed by atoms with van der Waals surface area (Å²) in [7, 11) is 0.